The van der Waals surface area contributed by atoms with Crippen LogP contribution in [0.2, 0.25) is 0 Å². The summed E-state index contributed by atoms with van der Waals surface area (Å²) >= 11 is 0.935. The number of thiophene rings is 1. The number of nitrogens with zero attached hydrogens (tertiary/aromatic N) is 2. The second-order valence-electron chi connectivity index (χ2n) is 3.74. The molecule has 7 nitrogen and oxygen atoms in total. The predicted octanol–water partition coefficient (Wildman–Crippen LogP) is 0.909. The number of anilines is 1. The smallest absolute Gasteiger partial charge is 0.308 e. The summed E-state index contributed by atoms with van der Waals surface area (Å²) in [4.78, 5) is 11.0. The highest BCUT2D eigenvalue weighted by Gasteiger charge is 2.18. The Balaban J connectivity index is 2.22. The summed E-state index contributed by atoms with van der Waals surface area (Å²) in [5.41, 5.74) is 0. The Labute approximate surface area is 113 Å². The van der Waals surface area contributed by atoms with Crippen LogP contribution in [0.15, 0.2) is 28.6 Å². The van der Waals surface area contributed by atoms with Crippen LogP contribution in [-0.2, 0) is 28.3 Å². The number of aliphatic carboxylic acids is 1. The van der Waals surface area contributed by atoms with Crippen molar-refractivity contribution < 1.29 is 18.3 Å². The molecule has 0 unspecified atom stereocenters. The second-order valence-corrected chi connectivity index (χ2v) is 6.81. The van der Waals surface area contributed by atoms with Gasteiger partial charge in [0.2, 0.25) is 0 Å². The van der Waals surface area contributed by atoms with E-state index >= 15 is 0 Å². The molecule has 0 saturated heterocycles. The summed E-state index contributed by atoms with van der Waals surface area (Å²) in [5, 5.41) is 12.5. The first-order chi connectivity index (χ1) is 8.88. The van der Waals surface area contributed by atoms with Crippen LogP contribution < -0.4 is 4.72 Å². The van der Waals surface area contributed by atoms with Gasteiger partial charge in [0.15, 0.2) is 0 Å². The van der Waals surface area contributed by atoms with Gasteiger partial charge in [-0.2, -0.15) is 5.10 Å². The average molecular weight is 301 g/mol. The molecule has 0 saturated carbocycles. The van der Waals surface area contributed by atoms with Crippen LogP contribution in [0.4, 0.5) is 5.82 Å². The fourth-order valence-electron chi connectivity index (χ4n) is 1.41. The number of rotatable bonds is 5. The lowest BCUT2D eigenvalue weighted by atomic mass is 10.3. The van der Waals surface area contributed by atoms with Crippen LogP contribution in [0, 0.1) is 0 Å². The van der Waals surface area contributed by atoms with Crippen molar-refractivity contribution in [1.82, 2.24) is 9.78 Å². The number of carboxylic acid groups (broad SMARTS) is 1. The predicted molar refractivity (Wildman–Crippen MR) is 69.7 cm³/mol. The van der Waals surface area contributed by atoms with E-state index in [1.54, 1.807) is 7.05 Å². The zero-order chi connectivity index (χ0) is 14.0. The Hall–Kier alpha value is -1.87. The van der Waals surface area contributed by atoms with Crippen LogP contribution in [0.5, 0.6) is 0 Å². The highest BCUT2D eigenvalue weighted by atomic mass is 32.2. The number of aromatic nitrogens is 2. The first-order valence-electron chi connectivity index (χ1n) is 5.20. The number of sulfonamides is 1. The molecule has 2 rings (SSSR count). The lowest BCUT2D eigenvalue weighted by Crippen LogP contribution is -2.14. The molecule has 2 N–H and O–H groups in total. The lowest BCUT2D eigenvalue weighted by molar-refractivity contribution is -0.136. The molecule has 0 aliphatic carbocycles. The van der Waals surface area contributed by atoms with Crippen molar-refractivity contribution in [2.45, 2.75) is 10.6 Å². The molecule has 9 heteroatoms. The zero-order valence-corrected chi connectivity index (χ0v) is 11.5. The Bertz CT molecular complexity index is 702. The van der Waals surface area contributed by atoms with Gasteiger partial charge in [-0.05, 0) is 12.1 Å². The summed E-state index contributed by atoms with van der Waals surface area (Å²) in [6.07, 6.45) is 1.29. The van der Waals surface area contributed by atoms with Gasteiger partial charge in [-0.3, -0.25) is 14.2 Å². The van der Waals surface area contributed by atoms with Gasteiger partial charge >= 0.3 is 5.97 Å². The van der Waals surface area contributed by atoms with E-state index in [1.807, 2.05) is 0 Å². The fraction of sp³-hybridized carbons (Fsp3) is 0.200. The molecule has 0 bridgehead atoms. The molecule has 0 aliphatic rings. The minimum atomic E-state index is -3.71. The normalized spacial score (nSPS) is 11.4. The van der Waals surface area contributed by atoms with Gasteiger partial charge in [0.25, 0.3) is 10.0 Å². The second kappa shape index (κ2) is 5.02. The standard InChI is InChI=1S/C10H11N3O4S2/c1-13-8(4-5-11-13)12-19(16,17)10-3-2-7(18-10)6-9(14)15/h2-5,12H,6H2,1H3,(H,14,15). The van der Waals surface area contributed by atoms with Gasteiger partial charge in [0.1, 0.15) is 10.0 Å². The maximum atomic E-state index is 12.1. The monoisotopic (exact) mass is 301 g/mol. The molecular weight excluding hydrogens is 290 g/mol. The molecule has 2 aromatic heterocycles. The molecule has 0 spiro atoms. The van der Waals surface area contributed by atoms with Crippen LogP contribution in [0.3, 0.4) is 0 Å². The Kier molecular flexibility index (Phi) is 3.58. The van der Waals surface area contributed by atoms with E-state index in [0.29, 0.717) is 10.7 Å². The number of carboxylic acids is 1. The van der Waals surface area contributed by atoms with E-state index in [4.69, 9.17) is 5.11 Å². The maximum Gasteiger partial charge on any atom is 0.308 e. The van der Waals surface area contributed by atoms with Gasteiger partial charge < -0.3 is 5.11 Å². The van der Waals surface area contributed by atoms with Crippen LogP contribution in [0.1, 0.15) is 4.88 Å². The fourth-order valence-corrected chi connectivity index (χ4v) is 3.84. The third kappa shape index (κ3) is 3.12. The summed E-state index contributed by atoms with van der Waals surface area (Å²) in [6, 6.07) is 4.42. The largest absolute Gasteiger partial charge is 0.481 e. The lowest BCUT2D eigenvalue weighted by Gasteiger charge is -2.05. The zero-order valence-electron chi connectivity index (χ0n) is 9.90. The van der Waals surface area contributed by atoms with Crippen molar-refractivity contribution in [2.24, 2.45) is 7.05 Å². The SMILES string of the molecule is Cn1nccc1NS(=O)(=O)c1ccc(CC(=O)O)s1. The number of aryl methyl sites for hydroxylation is 1. The van der Waals surface area contributed by atoms with Crippen molar-refractivity contribution in [2.75, 3.05) is 4.72 Å². The van der Waals surface area contributed by atoms with Gasteiger partial charge in [0, 0.05) is 18.0 Å². The molecule has 2 aromatic rings. The third-order valence-corrected chi connectivity index (χ3v) is 5.22. The summed E-state index contributed by atoms with van der Waals surface area (Å²) < 4.78 is 28.0. The average Bonchev–Trinajstić information content (AvgIpc) is 2.88. The van der Waals surface area contributed by atoms with Crippen molar-refractivity contribution in [1.29, 1.82) is 0 Å². The summed E-state index contributed by atoms with van der Waals surface area (Å²) in [5.74, 6) is -0.654. The molecular formula is C10H11N3O4S2. The highest BCUT2D eigenvalue weighted by molar-refractivity contribution is 7.94. The quantitative estimate of drug-likeness (QED) is 0.854. The molecule has 0 aromatic carbocycles. The van der Waals surface area contributed by atoms with Crippen LogP contribution >= 0.6 is 11.3 Å². The number of hydrogen-bond acceptors (Lipinski definition) is 5. The van der Waals surface area contributed by atoms with Gasteiger partial charge in [-0.1, -0.05) is 0 Å². The maximum absolute atomic E-state index is 12.1. The van der Waals surface area contributed by atoms with E-state index in [2.05, 4.69) is 9.82 Å². The Morgan fingerprint density at radius 1 is 1.47 bits per heavy atom. The molecule has 0 amide bonds. The topological polar surface area (TPSA) is 101 Å². The van der Waals surface area contributed by atoms with Crippen molar-refractivity contribution in [3.63, 3.8) is 0 Å². The van der Waals surface area contributed by atoms with Crippen molar-refractivity contribution in [3.8, 4) is 0 Å². The van der Waals surface area contributed by atoms with E-state index in [9.17, 15) is 13.2 Å². The first kappa shape index (κ1) is 13.6. The van der Waals surface area contributed by atoms with E-state index in [-0.39, 0.29) is 10.6 Å². The highest BCUT2D eigenvalue weighted by Crippen LogP contribution is 2.24. The molecule has 2 heterocycles. The summed E-state index contributed by atoms with van der Waals surface area (Å²) in [7, 11) is -2.09. The van der Waals surface area contributed by atoms with Gasteiger partial charge in [-0.15, -0.1) is 11.3 Å². The first-order valence-corrected chi connectivity index (χ1v) is 7.50. The van der Waals surface area contributed by atoms with Crippen molar-refractivity contribution >= 4 is 33.1 Å². The Morgan fingerprint density at radius 3 is 2.79 bits per heavy atom. The van der Waals surface area contributed by atoms with E-state index in [1.165, 1.54) is 29.1 Å². The Morgan fingerprint density at radius 2 is 2.21 bits per heavy atom. The van der Waals surface area contributed by atoms with Crippen LogP contribution in [-0.4, -0.2) is 29.3 Å². The molecule has 0 radical (unpaired) electrons. The van der Waals surface area contributed by atoms with E-state index in [0.717, 1.165) is 11.3 Å². The van der Waals surface area contributed by atoms with E-state index < -0.39 is 16.0 Å². The molecule has 0 aliphatic heterocycles. The number of hydrogen-bond donors (Lipinski definition) is 2. The summed E-state index contributed by atoms with van der Waals surface area (Å²) in [6.45, 7) is 0. The van der Waals surface area contributed by atoms with Crippen LogP contribution in [0.25, 0.3) is 0 Å². The minimum Gasteiger partial charge on any atom is -0.481 e. The molecule has 0 atom stereocenters. The number of carbonyl (C=O) groups is 1. The van der Waals surface area contributed by atoms with Gasteiger partial charge in [0.05, 0.1) is 12.6 Å². The third-order valence-electron chi connectivity index (χ3n) is 2.29. The molecule has 19 heavy (non-hydrogen) atoms. The number of nitrogens with one attached hydrogen (secondary N) is 1. The molecule has 0 fully saturated rings. The van der Waals surface area contributed by atoms with Gasteiger partial charge in [-0.25, -0.2) is 8.42 Å². The molecule has 102 valence electrons. The minimum absolute atomic E-state index is 0.0740. The van der Waals surface area contributed by atoms with Crippen molar-refractivity contribution in [3.05, 3.63) is 29.3 Å².